The molecule has 1 heterocycles. The molecule has 15 heavy (non-hydrogen) atoms. The number of hydrogen-bond acceptors (Lipinski definition) is 0. The Morgan fingerprint density at radius 1 is 1.07 bits per heavy atom. The van der Waals surface area contributed by atoms with Gasteiger partial charge in [0.2, 0.25) is 0 Å². The second-order valence-corrected chi connectivity index (χ2v) is 4.35. The molecule has 0 amide bonds. The summed E-state index contributed by atoms with van der Waals surface area (Å²) in [6.45, 7) is 6.52. The van der Waals surface area contributed by atoms with Crippen molar-refractivity contribution in [1.82, 2.24) is 4.98 Å². The molecule has 0 saturated carbocycles. The van der Waals surface area contributed by atoms with Gasteiger partial charge in [-0.1, -0.05) is 37.6 Å². The van der Waals surface area contributed by atoms with E-state index in [9.17, 15) is 0 Å². The van der Waals surface area contributed by atoms with Gasteiger partial charge in [-0.2, -0.15) is 0 Å². The molecule has 0 unspecified atom stereocenters. The summed E-state index contributed by atoms with van der Waals surface area (Å²) in [7, 11) is 0. The van der Waals surface area contributed by atoms with Gasteiger partial charge in [-0.3, -0.25) is 0 Å². The Hall–Kier alpha value is -1.50. The van der Waals surface area contributed by atoms with Crippen LogP contribution in [0.1, 0.15) is 31.0 Å². The molecule has 0 aliphatic rings. The molecule has 1 heteroatoms. The molecular formula is C14H17N. The van der Waals surface area contributed by atoms with Crippen LogP contribution in [0, 0.1) is 6.92 Å². The minimum Gasteiger partial charge on any atom is -0.358 e. The molecule has 0 aliphatic carbocycles. The Balaban J connectivity index is 2.37. The van der Waals surface area contributed by atoms with E-state index in [0.29, 0.717) is 5.92 Å². The van der Waals surface area contributed by atoms with Crippen LogP contribution in [0.4, 0.5) is 0 Å². The highest BCUT2D eigenvalue weighted by Crippen LogP contribution is 2.22. The van der Waals surface area contributed by atoms with Crippen LogP contribution in [0.15, 0.2) is 36.4 Å². The maximum Gasteiger partial charge on any atom is 0.0456 e. The molecular weight excluding hydrogens is 182 g/mol. The van der Waals surface area contributed by atoms with E-state index in [-0.39, 0.29) is 0 Å². The van der Waals surface area contributed by atoms with Crippen LogP contribution in [0.2, 0.25) is 0 Å². The van der Waals surface area contributed by atoms with Gasteiger partial charge in [0.25, 0.3) is 0 Å². The number of aromatic amines is 1. The van der Waals surface area contributed by atoms with E-state index < -0.39 is 0 Å². The largest absolute Gasteiger partial charge is 0.358 e. The van der Waals surface area contributed by atoms with Crippen LogP contribution in [0.5, 0.6) is 0 Å². The highest BCUT2D eigenvalue weighted by Gasteiger charge is 2.04. The monoisotopic (exact) mass is 199 g/mol. The van der Waals surface area contributed by atoms with E-state index in [1.54, 1.807) is 0 Å². The fraction of sp³-hybridized carbons (Fsp3) is 0.286. The fourth-order valence-electron chi connectivity index (χ4n) is 1.73. The summed E-state index contributed by atoms with van der Waals surface area (Å²) in [6.07, 6.45) is 0. The van der Waals surface area contributed by atoms with Crippen LogP contribution < -0.4 is 0 Å². The summed E-state index contributed by atoms with van der Waals surface area (Å²) in [5.74, 6) is 0.559. The Labute approximate surface area is 91.2 Å². The Morgan fingerprint density at radius 3 is 2.47 bits per heavy atom. The summed E-state index contributed by atoms with van der Waals surface area (Å²) in [5.41, 5.74) is 5.07. The van der Waals surface area contributed by atoms with E-state index in [4.69, 9.17) is 0 Å². The maximum atomic E-state index is 3.46. The molecule has 2 aromatic rings. The van der Waals surface area contributed by atoms with E-state index in [1.807, 2.05) is 0 Å². The summed E-state index contributed by atoms with van der Waals surface area (Å²) < 4.78 is 0. The average Bonchev–Trinajstić information content (AvgIpc) is 2.66. The normalized spacial score (nSPS) is 10.9. The van der Waals surface area contributed by atoms with Crippen molar-refractivity contribution in [1.29, 1.82) is 0 Å². The third-order valence-corrected chi connectivity index (χ3v) is 2.66. The van der Waals surface area contributed by atoms with E-state index >= 15 is 0 Å². The van der Waals surface area contributed by atoms with Gasteiger partial charge in [0.1, 0.15) is 0 Å². The third kappa shape index (κ3) is 2.12. The highest BCUT2D eigenvalue weighted by molar-refractivity contribution is 5.60. The van der Waals surface area contributed by atoms with Gasteiger partial charge in [-0.05, 0) is 36.6 Å². The molecule has 0 spiro atoms. The number of nitrogens with one attached hydrogen (secondary N) is 1. The van der Waals surface area contributed by atoms with Crippen molar-refractivity contribution in [2.24, 2.45) is 0 Å². The molecule has 78 valence electrons. The number of rotatable bonds is 2. The van der Waals surface area contributed by atoms with Crippen molar-refractivity contribution >= 4 is 0 Å². The van der Waals surface area contributed by atoms with Crippen molar-refractivity contribution < 1.29 is 0 Å². The number of aryl methyl sites for hydroxylation is 1. The van der Waals surface area contributed by atoms with E-state index in [1.165, 1.54) is 22.5 Å². The van der Waals surface area contributed by atoms with Gasteiger partial charge < -0.3 is 4.98 Å². The van der Waals surface area contributed by atoms with E-state index in [0.717, 1.165) is 0 Å². The van der Waals surface area contributed by atoms with Crippen LogP contribution >= 0.6 is 0 Å². The number of H-pyrrole nitrogens is 1. The standard InChI is InChI=1S/C14H17N/c1-10(2)13-7-8-14(15-13)12-6-4-5-11(3)9-12/h4-10,15H,1-3H3. The second-order valence-electron chi connectivity index (χ2n) is 4.35. The van der Waals surface area contributed by atoms with Gasteiger partial charge in [0.05, 0.1) is 0 Å². The molecule has 0 radical (unpaired) electrons. The highest BCUT2D eigenvalue weighted by atomic mass is 14.7. The molecule has 2 rings (SSSR count). The lowest BCUT2D eigenvalue weighted by Crippen LogP contribution is -1.86. The molecule has 1 aromatic heterocycles. The Morgan fingerprint density at radius 2 is 1.87 bits per heavy atom. The predicted octanol–water partition coefficient (Wildman–Crippen LogP) is 4.11. The summed E-state index contributed by atoms with van der Waals surface area (Å²) >= 11 is 0. The molecule has 1 aromatic carbocycles. The Bertz CT molecular complexity index is 452. The minimum absolute atomic E-state index is 0.559. The van der Waals surface area contributed by atoms with Gasteiger partial charge in [-0.25, -0.2) is 0 Å². The van der Waals surface area contributed by atoms with E-state index in [2.05, 4.69) is 62.2 Å². The number of benzene rings is 1. The molecule has 0 atom stereocenters. The molecule has 0 aliphatic heterocycles. The van der Waals surface area contributed by atoms with Gasteiger partial charge in [-0.15, -0.1) is 0 Å². The van der Waals surface area contributed by atoms with Crippen LogP contribution in [-0.2, 0) is 0 Å². The third-order valence-electron chi connectivity index (χ3n) is 2.66. The molecule has 1 nitrogen and oxygen atoms in total. The fourth-order valence-corrected chi connectivity index (χ4v) is 1.73. The first kappa shape index (κ1) is 10.0. The summed E-state index contributed by atoms with van der Waals surface area (Å²) in [5, 5.41) is 0. The summed E-state index contributed by atoms with van der Waals surface area (Å²) in [4.78, 5) is 3.46. The first-order valence-electron chi connectivity index (χ1n) is 5.43. The Kier molecular flexibility index (Phi) is 2.63. The zero-order valence-corrected chi connectivity index (χ0v) is 9.54. The van der Waals surface area contributed by atoms with Crippen molar-refractivity contribution in [2.45, 2.75) is 26.7 Å². The van der Waals surface area contributed by atoms with Gasteiger partial charge in [0.15, 0.2) is 0 Å². The lowest BCUT2D eigenvalue weighted by molar-refractivity contribution is 0.834. The van der Waals surface area contributed by atoms with Crippen molar-refractivity contribution in [3.05, 3.63) is 47.7 Å². The molecule has 0 saturated heterocycles. The average molecular weight is 199 g/mol. The number of hydrogen-bond donors (Lipinski definition) is 1. The zero-order chi connectivity index (χ0) is 10.8. The predicted molar refractivity (Wildman–Crippen MR) is 65.1 cm³/mol. The van der Waals surface area contributed by atoms with Gasteiger partial charge >= 0.3 is 0 Å². The summed E-state index contributed by atoms with van der Waals surface area (Å²) in [6, 6.07) is 12.9. The SMILES string of the molecule is Cc1cccc(-c2ccc(C(C)C)[nH]2)c1. The quantitative estimate of drug-likeness (QED) is 0.749. The first-order valence-corrected chi connectivity index (χ1v) is 5.43. The van der Waals surface area contributed by atoms with Crippen LogP contribution in [-0.4, -0.2) is 4.98 Å². The van der Waals surface area contributed by atoms with Crippen molar-refractivity contribution in [3.8, 4) is 11.3 Å². The molecule has 0 bridgehead atoms. The first-order chi connectivity index (χ1) is 7.16. The lowest BCUT2D eigenvalue weighted by atomic mass is 10.1. The van der Waals surface area contributed by atoms with Crippen LogP contribution in [0.25, 0.3) is 11.3 Å². The lowest BCUT2D eigenvalue weighted by Gasteiger charge is -2.02. The molecule has 0 fully saturated rings. The second kappa shape index (κ2) is 3.93. The maximum absolute atomic E-state index is 3.46. The van der Waals surface area contributed by atoms with Crippen molar-refractivity contribution in [2.75, 3.05) is 0 Å². The number of aromatic nitrogens is 1. The topological polar surface area (TPSA) is 15.8 Å². The zero-order valence-electron chi connectivity index (χ0n) is 9.54. The molecule has 1 N–H and O–H groups in total. The van der Waals surface area contributed by atoms with Crippen LogP contribution in [0.3, 0.4) is 0 Å². The smallest absolute Gasteiger partial charge is 0.0456 e. The van der Waals surface area contributed by atoms with Gasteiger partial charge in [0, 0.05) is 11.4 Å². The van der Waals surface area contributed by atoms with Crippen molar-refractivity contribution in [3.63, 3.8) is 0 Å². The minimum atomic E-state index is 0.559.